The third-order valence-corrected chi connectivity index (χ3v) is 3.82. The van der Waals surface area contributed by atoms with E-state index < -0.39 is 0 Å². The molecule has 0 atom stereocenters. The number of aromatic nitrogens is 1. The quantitative estimate of drug-likeness (QED) is 0.911. The largest absolute Gasteiger partial charge is 0.438 e. The van der Waals surface area contributed by atoms with Gasteiger partial charge in [-0.3, -0.25) is 0 Å². The molecule has 0 saturated heterocycles. The summed E-state index contributed by atoms with van der Waals surface area (Å²) in [7, 11) is 0. The fourth-order valence-corrected chi connectivity index (χ4v) is 2.44. The van der Waals surface area contributed by atoms with Crippen LogP contribution in [0.25, 0.3) is 10.6 Å². The van der Waals surface area contributed by atoms with Crippen molar-refractivity contribution < 1.29 is 4.42 Å². The molecule has 0 aliphatic heterocycles. The van der Waals surface area contributed by atoms with E-state index in [-0.39, 0.29) is 5.54 Å². The number of hydrogen-bond acceptors (Lipinski definition) is 4. The van der Waals surface area contributed by atoms with Gasteiger partial charge in [0.05, 0.1) is 17.6 Å². The Hall–Kier alpha value is -1.13. The van der Waals surface area contributed by atoms with Crippen LogP contribution in [0.3, 0.4) is 0 Å². The Kier molecular flexibility index (Phi) is 3.88. The van der Waals surface area contributed by atoms with Gasteiger partial charge in [-0.2, -0.15) is 0 Å². The summed E-state index contributed by atoms with van der Waals surface area (Å²) >= 11 is 1.77. The Morgan fingerprint density at radius 1 is 1.33 bits per heavy atom. The van der Waals surface area contributed by atoms with Crippen molar-refractivity contribution in [2.75, 3.05) is 0 Å². The van der Waals surface area contributed by atoms with Gasteiger partial charge in [-0.25, -0.2) is 4.98 Å². The first-order valence-electron chi connectivity index (χ1n) is 6.27. The lowest BCUT2D eigenvalue weighted by atomic mass is 10.1. The molecule has 2 rings (SSSR count). The highest BCUT2D eigenvalue weighted by Crippen LogP contribution is 2.28. The van der Waals surface area contributed by atoms with Crippen LogP contribution in [-0.2, 0) is 13.0 Å². The fourth-order valence-electron chi connectivity index (χ4n) is 1.55. The van der Waals surface area contributed by atoms with Gasteiger partial charge in [0.2, 0.25) is 5.89 Å². The van der Waals surface area contributed by atoms with Crippen molar-refractivity contribution in [3.05, 3.63) is 29.1 Å². The summed E-state index contributed by atoms with van der Waals surface area (Å²) < 4.78 is 5.76. The lowest BCUT2D eigenvalue weighted by Crippen LogP contribution is -2.35. The summed E-state index contributed by atoms with van der Waals surface area (Å²) in [6.45, 7) is 9.21. The van der Waals surface area contributed by atoms with Crippen molar-refractivity contribution in [1.82, 2.24) is 10.3 Å². The Morgan fingerprint density at radius 2 is 2.11 bits per heavy atom. The number of thiophene rings is 1. The number of rotatable bonds is 4. The zero-order valence-electron chi connectivity index (χ0n) is 11.4. The van der Waals surface area contributed by atoms with Gasteiger partial charge < -0.3 is 9.73 Å². The zero-order valence-corrected chi connectivity index (χ0v) is 12.2. The van der Waals surface area contributed by atoms with Gasteiger partial charge in [0.15, 0.2) is 5.76 Å². The molecule has 98 valence electrons. The molecule has 0 fully saturated rings. The van der Waals surface area contributed by atoms with Crippen molar-refractivity contribution in [3.63, 3.8) is 0 Å². The van der Waals surface area contributed by atoms with E-state index in [1.165, 1.54) is 4.88 Å². The number of oxazole rings is 1. The summed E-state index contributed by atoms with van der Waals surface area (Å²) in [5.74, 6) is 1.61. The second-order valence-electron chi connectivity index (χ2n) is 5.34. The number of aryl methyl sites for hydroxylation is 1. The SMILES string of the molecule is CCc1ccc(-c2cnc(CNC(C)(C)C)o2)s1. The minimum Gasteiger partial charge on any atom is -0.438 e. The van der Waals surface area contributed by atoms with E-state index in [0.717, 1.165) is 22.9 Å². The molecule has 2 aromatic rings. The molecule has 4 heteroatoms. The second-order valence-corrected chi connectivity index (χ2v) is 6.51. The van der Waals surface area contributed by atoms with E-state index in [1.807, 2.05) is 6.20 Å². The second kappa shape index (κ2) is 5.24. The fraction of sp³-hybridized carbons (Fsp3) is 0.500. The van der Waals surface area contributed by atoms with E-state index in [1.54, 1.807) is 11.3 Å². The Bertz CT molecular complexity index is 508. The molecule has 2 aromatic heterocycles. The minimum absolute atomic E-state index is 0.0763. The normalized spacial score (nSPS) is 12.0. The summed E-state index contributed by atoms with van der Waals surface area (Å²) in [4.78, 5) is 6.83. The van der Waals surface area contributed by atoms with Crippen molar-refractivity contribution in [2.24, 2.45) is 0 Å². The zero-order chi connectivity index (χ0) is 13.2. The Balaban J connectivity index is 2.06. The van der Waals surface area contributed by atoms with Gasteiger partial charge in [-0.05, 0) is 39.3 Å². The number of nitrogens with one attached hydrogen (secondary N) is 1. The number of nitrogens with zero attached hydrogens (tertiary/aromatic N) is 1. The highest BCUT2D eigenvalue weighted by atomic mass is 32.1. The summed E-state index contributed by atoms with van der Waals surface area (Å²) in [6.07, 6.45) is 2.88. The lowest BCUT2D eigenvalue weighted by molar-refractivity contribution is 0.384. The summed E-state index contributed by atoms with van der Waals surface area (Å²) in [6, 6.07) is 4.25. The molecule has 1 N–H and O–H groups in total. The molecule has 0 aliphatic rings. The van der Waals surface area contributed by atoms with Crippen LogP contribution >= 0.6 is 11.3 Å². The third kappa shape index (κ3) is 3.43. The predicted molar refractivity (Wildman–Crippen MR) is 75.8 cm³/mol. The highest BCUT2D eigenvalue weighted by Gasteiger charge is 2.12. The van der Waals surface area contributed by atoms with Gasteiger partial charge in [0, 0.05) is 10.4 Å². The molecular weight excluding hydrogens is 244 g/mol. The number of hydrogen-bond donors (Lipinski definition) is 1. The minimum atomic E-state index is 0.0763. The average Bonchev–Trinajstić information content (AvgIpc) is 2.94. The van der Waals surface area contributed by atoms with E-state index in [2.05, 4.69) is 50.1 Å². The van der Waals surface area contributed by atoms with Crippen LogP contribution in [0.2, 0.25) is 0 Å². The third-order valence-electron chi connectivity index (χ3n) is 2.58. The molecule has 0 radical (unpaired) electrons. The molecule has 0 saturated carbocycles. The first-order chi connectivity index (χ1) is 8.48. The maximum atomic E-state index is 5.76. The Labute approximate surface area is 112 Å². The van der Waals surface area contributed by atoms with Gasteiger partial charge >= 0.3 is 0 Å². The predicted octanol–water partition coefficient (Wildman–Crippen LogP) is 3.85. The van der Waals surface area contributed by atoms with Gasteiger partial charge in [-0.15, -0.1) is 11.3 Å². The molecular formula is C14H20N2OS. The van der Waals surface area contributed by atoms with Crippen LogP contribution < -0.4 is 5.32 Å². The van der Waals surface area contributed by atoms with Crippen molar-refractivity contribution >= 4 is 11.3 Å². The average molecular weight is 264 g/mol. The molecule has 0 aliphatic carbocycles. The molecule has 3 nitrogen and oxygen atoms in total. The van der Waals surface area contributed by atoms with Crippen molar-refractivity contribution in [1.29, 1.82) is 0 Å². The maximum Gasteiger partial charge on any atom is 0.208 e. The van der Waals surface area contributed by atoms with Crippen molar-refractivity contribution in [3.8, 4) is 10.6 Å². The topological polar surface area (TPSA) is 38.1 Å². The van der Waals surface area contributed by atoms with Crippen LogP contribution in [0.15, 0.2) is 22.7 Å². The molecule has 0 spiro atoms. The van der Waals surface area contributed by atoms with Gasteiger partial charge in [0.25, 0.3) is 0 Å². The first-order valence-corrected chi connectivity index (χ1v) is 7.08. The highest BCUT2D eigenvalue weighted by molar-refractivity contribution is 7.15. The summed E-state index contributed by atoms with van der Waals surface area (Å²) in [5, 5.41) is 3.37. The molecule has 0 bridgehead atoms. The molecule has 0 aromatic carbocycles. The summed E-state index contributed by atoms with van der Waals surface area (Å²) in [5.41, 5.74) is 0.0763. The van der Waals surface area contributed by atoms with Crippen molar-refractivity contribution in [2.45, 2.75) is 46.2 Å². The molecule has 18 heavy (non-hydrogen) atoms. The smallest absolute Gasteiger partial charge is 0.208 e. The Morgan fingerprint density at radius 3 is 2.72 bits per heavy atom. The standard InChI is InChI=1S/C14H20N2OS/c1-5-10-6-7-12(18-10)11-8-15-13(17-11)9-16-14(2,3)4/h6-8,16H,5,9H2,1-4H3. The van der Waals surface area contributed by atoms with E-state index in [4.69, 9.17) is 4.42 Å². The van der Waals surface area contributed by atoms with Crippen LogP contribution in [0, 0.1) is 0 Å². The van der Waals surface area contributed by atoms with Crippen LogP contribution in [-0.4, -0.2) is 10.5 Å². The molecule has 0 unspecified atom stereocenters. The monoisotopic (exact) mass is 264 g/mol. The van der Waals surface area contributed by atoms with Crippen LogP contribution in [0.5, 0.6) is 0 Å². The van der Waals surface area contributed by atoms with E-state index in [0.29, 0.717) is 6.54 Å². The molecule has 2 heterocycles. The lowest BCUT2D eigenvalue weighted by Gasteiger charge is -2.18. The van der Waals surface area contributed by atoms with Crippen LogP contribution in [0.4, 0.5) is 0 Å². The van der Waals surface area contributed by atoms with Gasteiger partial charge in [-0.1, -0.05) is 6.92 Å². The van der Waals surface area contributed by atoms with E-state index in [9.17, 15) is 0 Å². The molecule has 0 amide bonds. The first kappa shape index (κ1) is 13.3. The van der Waals surface area contributed by atoms with E-state index >= 15 is 0 Å². The maximum absolute atomic E-state index is 5.76. The van der Waals surface area contributed by atoms with Crippen LogP contribution in [0.1, 0.15) is 38.5 Å². The van der Waals surface area contributed by atoms with Gasteiger partial charge in [0.1, 0.15) is 0 Å².